The van der Waals surface area contributed by atoms with Crippen LogP contribution in [0.4, 0.5) is 0 Å². The van der Waals surface area contributed by atoms with Gasteiger partial charge in [-0.2, -0.15) is 5.10 Å². The molecule has 0 saturated heterocycles. The fourth-order valence-corrected chi connectivity index (χ4v) is 2.14. The Hall–Kier alpha value is -1.94. The van der Waals surface area contributed by atoms with Crippen LogP contribution in [0, 0.1) is 13.8 Å². The lowest BCUT2D eigenvalue weighted by Crippen LogP contribution is -2.18. The van der Waals surface area contributed by atoms with Crippen LogP contribution in [0.1, 0.15) is 27.0 Å². The molecule has 3 nitrogen and oxygen atoms in total. The monoisotopic (exact) mass is 330 g/mol. The average molecular weight is 331 g/mol. The van der Waals surface area contributed by atoms with E-state index in [1.165, 1.54) is 0 Å². The van der Waals surface area contributed by atoms with E-state index in [0.29, 0.717) is 5.56 Å². The zero-order chi connectivity index (χ0) is 14.5. The number of hydrazone groups is 1. The second-order valence-electron chi connectivity index (χ2n) is 4.52. The lowest BCUT2D eigenvalue weighted by molar-refractivity contribution is 0.0954. The van der Waals surface area contributed by atoms with Crippen LogP contribution in [0.2, 0.25) is 0 Å². The van der Waals surface area contributed by atoms with Crippen LogP contribution in [0.5, 0.6) is 0 Å². The maximum absolute atomic E-state index is 11.9. The number of rotatable bonds is 3. The van der Waals surface area contributed by atoms with Gasteiger partial charge >= 0.3 is 0 Å². The third kappa shape index (κ3) is 3.54. The van der Waals surface area contributed by atoms with E-state index in [1.807, 2.05) is 50.2 Å². The summed E-state index contributed by atoms with van der Waals surface area (Å²) in [7, 11) is 0. The number of nitrogens with one attached hydrogen (secondary N) is 1. The van der Waals surface area contributed by atoms with Crippen LogP contribution >= 0.6 is 15.9 Å². The molecule has 0 atom stereocenters. The highest BCUT2D eigenvalue weighted by Crippen LogP contribution is 2.16. The summed E-state index contributed by atoms with van der Waals surface area (Å²) < 4.78 is 1.02. The third-order valence-electron chi connectivity index (χ3n) is 2.97. The van der Waals surface area contributed by atoms with E-state index in [9.17, 15) is 4.79 Å². The minimum absolute atomic E-state index is 0.203. The Bertz CT molecular complexity index is 665. The van der Waals surface area contributed by atoms with Gasteiger partial charge in [-0.05, 0) is 42.7 Å². The molecule has 2 aromatic carbocycles. The van der Waals surface area contributed by atoms with Crippen molar-refractivity contribution in [2.45, 2.75) is 13.8 Å². The molecule has 2 aromatic rings. The largest absolute Gasteiger partial charge is 0.271 e. The summed E-state index contributed by atoms with van der Waals surface area (Å²) in [4.78, 5) is 11.9. The van der Waals surface area contributed by atoms with Crippen molar-refractivity contribution >= 4 is 28.1 Å². The summed E-state index contributed by atoms with van der Waals surface area (Å²) >= 11 is 3.46. The Kier molecular flexibility index (Phi) is 4.69. The molecule has 0 aromatic heterocycles. The highest BCUT2D eigenvalue weighted by molar-refractivity contribution is 9.10. The number of aryl methyl sites for hydroxylation is 2. The number of carbonyl (C=O) groups excluding carboxylic acids is 1. The topological polar surface area (TPSA) is 41.5 Å². The van der Waals surface area contributed by atoms with Crippen molar-refractivity contribution in [1.82, 2.24) is 5.43 Å². The first-order chi connectivity index (χ1) is 9.58. The molecule has 0 aliphatic heterocycles. The van der Waals surface area contributed by atoms with Gasteiger partial charge in [-0.25, -0.2) is 5.43 Å². The van der Waals surface area contributed by atoms with Gasteiger partial charge in [-0.3, -0.25) is 4.79 Å². The highest BCUT2D eigenvalue weighted by atomic mass is 79.9. The molecule has 0 fully saturated rings. The molecule has 20 heavy (non-hydrogen) atoms. The molecule has 0 saturated carbocycles. The molecule has 0 aliphatic rings. The fraction of sp³-hybridized carbons (Fsp3) is 0.125. The summed E-state index contributed by atoms with van der Waals surface area (Å²) in [5.41, 5.74) is 6.18. The molecular formula is C16H15BrN2O. The molecule has 1 amide bonds. The number of nitrogens with zero attached hydrogens (tertiary/aromatic N) is 1. The van der Waals surface area contributed by atoms with E-state index in [-0.39, 0.29) is 5.91 Å². The molecule has 102 valence electrons. The van der Waals surface area contributed by atoms with Crippen LogP contribution in [-0.4, -0.2) is 12.1 Å². The van der Waals surface area contributed by atoms with E-state index < -0.39 is 0 Å². The number of halogens is 1. The molecule has 0 aliphatic carbocycles. The molecular weight excluding hydrogens is 316 g/mol. The summed E-state index contributed by atoms with van der Waals surface area (Å²) in [6.45, 7) is 3.92. The van der Waals surface area contributed by atoms with E-state index in [4.69, 9.17) is 0 Å². The Labute approximate surface area is 126 Å². The van der Waals surface area contributed by atoms with Crippen molar-refractivity contribution in [3.05, 3.63) is 69.2 Å². The molecule has 0 spiro atoms. The van der Waals surface area contributed by atoms with Crippen LogP contribution in [0.3, 0.4) is 0 Å². The van der Waals surface area contributed by atoms with Gasteiger partial charge in [0, 0.05) is 10.0 Å². The van der Waals surface area contributed by atoms with Gasteiger partial charge in [0.05, 0.1) is 6.21 Å². The van der Waals surface area contributed by atoms with E-state index >= 15 is 0 Å². The van der Waals surface area contributed by atoms with Crippen molar-refractivity contribution in [3.63, 3.8) is 0 Å². The predicted octanol–water partition coefficient (Wildman–Crippen LogP) is 3.83. The van der Waals surface area contributed by atoms with Gasteiger partial charge in [0.1, 0.15) is 0 Å². The predicted molar refractivity (Wildman–Crippen MR) is 85.1 cm³/mol. The van der Waals surface area contributed by atoms with Crippen LogP contribution in [0.25, 0.3) is 0 Å². The second kappa shape index (κ2) is 6.48. The number of carbonyl (C=O) groups is 1. The number of hydrogen-bond acceptors (Lipinski definition) is 2. The maximum Gasteiger partial charge on any atom is 0.271 e. The van der Waals surface area contributed by atoms with Gasteiger partial charge in [0.2, 0.25) is 0 Å². The Morgan fingerprint density at radius 2 is 1.90 bits per heavy atom. The van der Waals surface area contributed by atoms with Crippen LogP contribution in [-0.2, 0) is 0 Å². The first-order valence-electron chi connectivity index (χ1n) is 6.23. The molecule has 0 heterocycles. The van der Waals surface area contributed by atoms with Crippen molar-refractivity contribution in [3.8, 4) is 0 Å². The van der Waals surface area contributed by atoms with Crippen molar-refractivity contribution in [1.29, 1.82) is 0 Å². The third-order valence-corrected chi connectivity index (χ3v) is 3.82. The second-order valence-corrected chi connectivity index (χ2v) is 5.38. The smallest absolute Gasteiger partial charge is 0.267 e. The average Bonchev–Trinajstić information content (AvgIpc) is 2.43. The van der Waals surface area contributed by atoms with E-state index in [1.54, 1.807) is 12.3 Å². The lowest BCUT2D eigenvalue weighted by Gasteiger charge is -2.03. The quantitative estimate of drug-likeness (QED) is 0.674. The Morgan fingerprint density at radius 3 is 2.60 bits per heavy atom. The van der Waals surface area contributed by atoms with Crippen molar-refractivity contribution in [2.24, 2.45) is 5.10 Å². The molecule has 2 rings (SSSR count). The van der Waals surface area contributed by atoms with Crippen LogP contribution < -0.4 is 5.43 Å². The first kappa shape index (κ1) is 14.5. The molecule has 1 N–H and O–H groups in total. The van der Waals surface area contributed by atoms with E-state index in [2.05, 4.69) is 26.5 Å². The standard InChI is InChI=1S/C16H15BrN2O/c1-11-5-3-4-6-14(11)16(20)19-18-10-13-8-7-12(2)15(17)9-13/h3-10H,1-2H3,(H,19,20)/b18-10+. The summed E-state index contributed by atoms with van der Waals surface area (Å²) in [5.74, 6) is -0.203. The number of hydrogen-bond donors (Lipinski definition) is 1. The molecule has 4 heteroatoms. The first-order valence-corrected chi connectivity index (χ1v) is 7.02. The minimum Gasteiger partial charge on any atom is -0.267 e. The van der Waals surface area contributed by atoms with Crippen molar-refractivity contribution < 1.29 is 4.79 Å². The summed E-state index contributed by atoms with van der Waals surface area (Å²) in [6.07, 6.45) is 1.63. The molecule has 0 unspecified atom stereocenters. The number of amides is 1. The Morgan fingerprint density at radius 1 is 1.15 bits per heavy atom. The molecule has 0 bridgehead atoms. The normalized spacial score (nSPS) is 10.8. The highest BCUT2D eigenvalue weighted by Gasteiger charge is 2.06. The van der Waals surface area contributed by atoms with Gasteiger partial charge in [-0.15, -0.1) is 0 Å². The van der Waals surface area contributed by atoms with E-state index in [0.717, 1.165) is 21.2 Å². The lowest BCUT2D eigenvalue weighted by atomic mass is 10.1. The van der Waals surface area contributed by atoms with Gasteiger partial charge in [-0.1, -0.05) is 46.3 Å². The molecule has 0 radical (unpaired) electrons. The maximum atomic E-state index is 11.9. The van der Waals surface area contributed by atoms with Gasteiger partial charge in [0.25, 0.3) is 5.91 Å². The summed E-state index contributed by atoms with van der Waals surface area (Å²) in [6, 6.07) is 13.3. The summed E-state index contributed by atoms with van der Waals surface area (Å²) in [5, 5.41) is 3.98. The number of benzene rings is 2. The zero-order valence-electron chi connectivity index (χ0n) is 11.4. The SMILES string of the molecule is Cc1ccc(/C=N/NC(=O)c2ccccc2C)cc1Br. The van der Waals surface area contributed by atoms with Crippen LogP contribution in [0.15, 0.2) is 52.0 Å². The van der Waals surface area contributed by atoms with Crippen molar-refractivity contribution in [2.75, 3.05) is 0 Å². The Balaban J connectivity index is 2.05. The fourth-order valence-electron chi connectivity index (χ4n) is 1.74. The van der Waals surface area contributed by atoms with Gasteiger partial charge in [0.15, 0.2) is 0 Å². The van der Waals surface area contributed by atoms with Gasteiger partial charge < -0.3 is 0 Å². The minimum atomic E-state index is -0.203. The zero-order valence-corrected chi connectivity index (χ0v) is 12.9.